The van der Waals surface area contributed by atoms with E-state index in [0.717, 1.165) is 28.8 Å². The monoisotopic (exact) mass is 403 g/mol. The molecule has 0 fully saturated rings. The van der Waals surface area contributed by atoms with Crippen molar-refractivity contribution in [3.63, 3.8) is 0 Å². The number of hydrogen-bond acceptors (Lipinski definition) is 3. The standard InChI is InChI=1S/C21H13F4NOS/c22-17-3-1-2-14(10-17)15-6-9-18-19(11-15)27-20(26-18)28-12-13-4-7-16(8-5-13)21(23,24)25/h1-11H,12H2. The van der Waals surface area contributed by atoms with Crippen LogP contribution in [0.4, 0.5) is 17.6 Å². The number of thioether (sulfide) groups is 1. The smallest absolute Gasteiger partial charge is 0.416 e. The van der Waals surface area contributed by atoms with Crippen LogP contribution in [0.3, 0.4) is 0 Å². The molecule has 0 radical (unpaired) electrons. The third-order valence-corrected chi connectivity index (χ3v) is 5.07. The van der Waals surface area contributed by atoms with Gasteiger partial charge in [-0.15, -0.1) is 0 Å². The van der Waals surface area contributed by atoms with Crippen molar-refractivity contribution in [3.05, 3.63) is 83.7 Å². The van der Waals surface area contributed by atoms with E-state index in [-0.39, 0.29) is 5.82 Å². The summed E-state index contributed by atoms with van der Waals surface area (Å²) in [4.78, 5) is 4.38. The third-order valence-electron chi connectivity index (χ3n) is 4.17. The van der Waals surface area contributed by atoms with E-state index in [0.29, 0.717) is 22.1 Å². The fraction of sp³-hybridized carbons (Fsp3) is 0.0952. The molecule has 0 saturated heterocycles. The highest BCUT2D eigenvalue weighted by Gasteiger charge is 2.29. The van der Waals surface area contributed by atoms with Crippen LogP contribution in [0, 0.1) is 5.82 Å². The van der Waals surface area contributed by atoms with E-state index in [1.807, 2.05) is 6.07 Å². The van der Waals surface area contributed by atoms with Gasteiger partial charge < -0.3 is 4.42 Å². The summed E-state index contributed by atoms with van der Waals surface area (Å²) in [6, 6.07) is 16.7. The van der Waals surface area contributed by atoms with Crippen LogP contribution in [-0.4, -0.2) is 4.98 Å². The van der Waals surface area contributed by atoms with E-state index in [1.165, 1.54) is 36.0 Å². The van der Waals surface area contributed by atoms with E-state index in [2.05, 4.69) is 4.98 Å². The highest BCUT2D eigenvalue weighted by Crippen LogP contribution is 2.32. The zero-order valence-corrected chi connectivity index (χ0v) is 15.2. The molecule has 0 unspecified atom stereocenters. The van der Waals surface area contributed by atoms with Crippen LogP contribution < -0.4 is 0 Å². The Labute approximate surface area is 162 Å². The van der Waals surface area contributed by atoms with Crippen molar-refractivity contribution in [3.8, 4) is 11.1 Å². The molecule has 0 N–H and O–H groups in total. The summed E-state index contributed by atoms with van der Waals surface area (Å²) in [5, 5.41) is 0.422. The van der Waals surface area contributed by atoms with Gasteiger partial charge in [0.25, 0.3) is 5.22 Å². The lowest BCUT2D eigenvalue weighted by molar-refractivity contribution is -0.137. The molecular formula is C21H13F4NOS. The van der Waals surface area contributed by atoms with Gasteiger partial charge in [-0.05, 0) is 53.1 Å². The quantitative estimate of drug-likeness (QED) is 0.273. The SMILES string of the molecule is Fc1cccc(-c2ccc3nc(SCc4ccc(C(F)(F)F)cc4)oc3c2)c1. The van der Waals surface area contributed by atoms with Gasteiger partial charge in [0.1, 0.15) is 11.3 Å². The molecule has 0 atom stereocenters. The maximum atomic E-state index is 13.4. The molecule has 0 aliphatic heterocycles. The van der Waals surface area contributed by atoms with Crippen molar-refractivity contribution in [1.82, 2.24) is 4.98 Å². The Hall–Kier alpha value is -2.80. The van der Waals surface area contributed by atoms with Crippen LogP contribution in [0.5, 0.6) is 0 Å². The molecule has 7 heteroatoms. The van der Waals surface area contributed by atoms with Crippen LogP contribution >= 0.6 is 11.8 Å². The lowest BCUT2D eigenvalue weighted by Gasteiger charge is -2.06. The molecule has 0 spiro atoms. The number of halogens is 4. The molecule has 3 aromatic carbocycles. The van der Waals surface area contributed by atoms with Gasteiger partial charge in [-0.3, -0.25) is 0 Å². The van der Waals surface area contributed by atoms with Gasteiger partial charge in [0.15, 0.2) is 5.58 Å². The second-order valence-electron chi connectivity index (χ2n) is 6.16. The normalized spacial score (nSPS) is 11.9. The summed E-state index contributed by atoms with van der Waals surface area (Å²) in [6.45, 7) is 0. The summed E-state index contributed by atoms with van der Waals surface area (Å²) < 4.78 is 57.0. The lowest BCUT2D eigenvalue weighted by atomic mass is 10.1. The van der Waals surface area contributed by atoms with Crippen molar-refractivity contribution < 1.29 is 22.0 Å². The first-order chi connectivity index (χ1) is 13.4. The van der Waals surface area contributed by atoms with E-state index in [4.69, 9.17) is 4.42 Å². The summed E-state index contributed by atoms with van der Waals surface area (Å²) in [7, 11) is 0. The molecule has 0 bridgehead atoms. The number of fused-ring (bicyclic) bond motifs is 1. The van der Waals surface area contributed by atoms with E-state index in [1.54, 1.807) is 24.3 Å². The van der Waals surface area contributed by atoms with Gasteiger partial charge in [-0.1, -0.05) is 42.1 Å². The van der Waals surface area contributed by atoms with E-state index in [9.17, 15) is 17.6 Å². The molecule has 0 saturated carbocycles. The lowest BCUT2D eigenvalue weighted by Crippen LogP contribution is -2.04. The van der Waals surface area contributed by atoms with Crippen LogP contribution in [-0.2, 0) is 11.9 Å². The first-order valence-corrected chi connectivity index (χ1v) is 9.32. The molecule has 4 rings (SSSR count). The van der Waals surface area contributed by atoms with Gasteiger partial charge in [0.05, 0.1) is 5.56 Å². The first-order valence-electron chi connectivity index (χ1n) is 8.34. The Morgan fingerprint density at radius 2 is 1.64 bits per heavy atom. The van der Waals surface area contributed by atoms with Crippen molar-refractivity contribution in [2.45, 2.75) is 17.2 Å². The molecule has 1 aromatic heterocycles. The number of oxazole rings is 1. The maximum Gasteiger partial charge on any atom is 0.416 e. The summed E-state index contributed by atoms with van der Waals surface area (Å²) in [5.74, 6) is 0.116. The Balaban J connectivity index is 1.50. The van der Waals surface area contributed by atoms with Gasteiger partial charge in [0, 0.05) is 5.75 Å². The van der Waals surface area contributed by atoms with Gasteiger partial charge >= 0.3 is 6.18 Å². The molecule has 1 heterocycles. The number of alkyl halides is 3. The average Bonchev–Trinajstić information content (AvgIpc) is 3.08. The Bertz CT molecular complexity index is 1120. The molecule has 4 aromatic rings. The zero-order valence-electron chi connectivity index (χ0n) is 14.3. The van der Waals surface area contributed by atoms with Crippen molar-refractivity contribution in [2.75, 3.05) is 0 Å². The van der Waals surface area contributed by atoms with Crippen LogP contribution in [0.25, 0.3) is 22.2 Å². The predicted molar refractivity (Wildman–Crippen MR) is 100 cm³/mol. The number of rotatable bonds is 4. The Morgan fingerprint density at radius 3 is 2.36 bits per heavy atom. The average molecular weight is 403 g/mol. The van der Waals surface area contributed by atoms with Crippen molar-refractivity contribution >= 4 is 22.9 Å². The Kier molecular flexibility index (Phi) is 4.85. The fourth-order valence-electron chi connectivity index (χ4n) is 2.75. The molecular weight excluding hydrogens is 390 g/mol. The maximum absolute atomic E-state index is 13.4. The minimum absolute atomic E-state index is 0.317. The highest BCUT2D eigenvalue weighted by atomic mass is 32.2. The summed E-state index contributed by atoms with van der Waals surface area (Å²) in [5.41, 5.74) is 2.83. The number of benzene rings is 3. The molecule has 0 aliphatic carbocycles. The second-order valence-corrected chi connectivity index (χ2v) is 7.08. The highest BCUT2D eigenvalue weighted by molar-refractivity contribution is 7.98. The fourth-order valence-corrected chi connectivity index (χ4v) is 3.54. The number of hydrogen-bond donors (Lipinski definition) is 0. The minimum Gasteiger partial charge on any atom is -0.431 e. The van der Waals surface area contributed by atoms with Crippen LogP contribution in [0.15, 0.2) is 76.4 Å². The predicted octanol–water partition coefficient (Wildman–Crippen LogP) is 6.95. The van der Waals surface area contributed by atoms with E-state index >= 15 is 0 Å². The van der Waals surface area contributed by atoms with Crippen molar-refractivity contribution in [1.29, 1.82) is 0 Å². The minimum atomic E-state index is -4.34. The summed E-state index contributed by atoms with van der Waals surface area (Å²) in [6.07, 6.45) is -4.34. The van der Waals surface area contributed by atoms with Crippen molar-refractivity contribution in [2.24, 2.45) is 0 Å². The van der Waals surface area contributed by atoms with Gasteiger partial charge in [-0.25, -0.2) is 9.37 Å². The van der Waals surface area contributed by atoms with Gasteiger partial charge in [-0.2, -0.15) is 13.2 Å². The zero-order chi connectivity index (χ0) is 19.7. The first kappa shape index (κ1) is 18.6. The molecule has 142 valence electrons. The third kappa shape index (κ3) is 4.04. The molecule has 2 nitrogen and oxygen atoms in total. The van der Waals surface area contributed by atoms with Gasteiger partial charge in [0.2, 0.25) is 0 Å². The molecule has 0 amide bonds. The topological polar surface area (TPSA) is 26.0 Å². The summed E-state index contributed by atoms with van der Waals surface area (Å²) >= 11 is 1.30. The van der Waals surface area contributed by atoms with Crippen LogP contribution in [0.2, 0.25) is 0 Å². The van der Waals surface area contributed by atoms with Crippen LogP contribution in [0.1, 0.15) is 11.1 Å². The largest absolute Gasteiger partial charge is 0.431 e. The molecule has 28 heavy (non-hydrogen) atoms. The Morgan fingerprint density at radius 1 is 0.893 bits per heavy atom. The second kappa shape index (κ2) is 7.31. The van der Waals surface area contributed by atoms with E-state index < -0.39 is 11.7 Å². The number of nitrogens with zero attached hydrogens (tertiary/aromatic N) is 1. The molecule has 0 aliphatic rings. The number of aromatic nitrogens is 1.